The minimum Gasteiger partial charge on any atom is -0.378 e. The average molecular weight is 354 g/mol. The van der Waals surface area contributed by atoms with Gasteiger partial charge >= 0.3 is 0 Å². The van der Waals surface area contributed by atoms with Crippen molar-refractivity contribution in [3.8, 4) is 0 Å². The van der Waals surface area contributed by atoms with Crippen LogP contribution in [-0.4, -0.2) is 44.6 Å². The second kappa shape index (κ2) is 9.80. The molecule has 0 radical (unpaired) electrons. The van der Waals surface area contributed by atoms with Crippen LogP contribution in [-0.2, 0) is 6.42 Å². The maximum Gasteiger partial charge on any atom is 0.252 e. The van der Waals surface area contributed by atoms with Crippen LogP contribution in [0.2, 0.25) is 0 Å². The Kier molecular flexibility index (Phi) is 7.45. The highest BCUT2D eigenvalue weighted by molar-refractivity contribution is 5.94. The van der Waals surface area contributed by atoms with Gasteiger partial charge in [-0.05, 0) is 56.5 Å². The number of pyridine rings is 1. The van der Waals surface area contributed by atoms with E-state index in [-0.39, 0.29) is 5.91 Å². The molecule has 2 rings (SSSR count). The molecule has 0 fully saturated rings. The van der Waals surface area contributed by atoms with Gasteiger partial charge in [-0.3, -0.25) is 4.79 Å². The van der Waals surface area contributed by atoms with Gasteiger partial charge in [0.05, 0.1) is 5.56 Å². The van der Waals surface area contributed by atoms with Crippen molar-refractivity contribution in [3.63, 3.8) is 0 Å². The summed E-state index contributed by atoms with van der Waals surface area (Å²) in [5, 5.41) is 2.97. The first-order chi connectivity index (χ1) is 12.5. The van der Waals surface area contributed by atoms with Crippen LogP contribution in [0, 0.1) is 0 Å². The number of hydrogen-bond donors (Lipinski definition) is 1. The fourth-order valence-corrected chi connectivity index (χ4v) is 2.81. The van der Waals surface area contributed by atoms with Gasteiger partial charge in [0, 0.05) is 45.6 Å². The van der Waals surface area contributed by atoms with E-state index in [2.05, 4.69) is 58.2 Å². The molecule has 0 saturated heterocycles. The number of benzene rings is 1. The van der Waals surface area contributed by atoms with Crippen LogP contribution in [0.25, 0.3) is 0 Å². The third kappa shape index (κ3) is 5.48. The molecule has 0 spiro atoms. The number of hydrogen-bond acceptors (Lipinski definition) is 4. The third-order valence-electron chi connectivity index (χ3n) is 4.48. The molecule has 1 amide bonds. The summed E-state index contributed by atoms with van der Waals surface area (Å²) in [6.07, 6.45) is 3.52. The molecule has 140 valence electrons. The van der Waals surface area contributed by atoms with E-state index in [9.17, 15) is 4.79 Å². The Morgan fingerprint density at radius 3 is 2.27 bits per heavy atom. The van der Waals surface area contributed by atoms with Crippen LogP contribution >= 0.6 is 0 Å². The van der Waals surface area contributed by atoms with Gasteiger partial charge in [-0.2, -0.15) is 0 Å². The maximum absolute atomic E-state index is 12.2. The Morgan fingerprint density at radius 1 is 1.04 bits per heavy atom. The zero-order valence-electron chi connectivity index (χ0n) is 16.3. The molecule has 5 nitrogen and oxygen atoms in total. The first-order valence-corrected chi connectivity index (χ1v) is 9.30. The predicted molar refractivity (Wildman–Crippen MR) is 109 cm³/mol. The molecule has 0 saturated carbocycles. The van der Waals surface area contributed by atoms with Crippen LogP contribution < -0.4 is 15.1 Å². The number of nitrogens with one attached hydrogen (secondary N) is 1. The SMILES string of the molecule is CCN(CC)c1ccc(C(=O)NCCCc2ccc(N(C)C)cc2)cn1. The zero-order chi connectivity index (χ0) is 18.9. The highest BCUT2D eigenvalue weighted by atomic mass is 16.1. The summed E-state index contributed by atoms with van der Waals surface area (Å²) < 4.78 is 0. The highest BCUT2D eigenvalue weighted by Gasteiger charge is 2.08. The molecule has 0 aliphatic heterocycles. The van der Waals surface area contributed by atoms with Gasteiger partial charge in [-0.25, -0.2) is 4.98 Å². The van der Waals surface area contributed by atoms with Crippen LogP contribution in [0.15, 0.2) is 42.6 Å². The highest BCUT2D eigenvalue weighted by Crippen LogP contribution is 2.13. The van der Waals surface area contributed by atoms with Crippen LogP contribution in [0.1, 0.15) is 36.2 Å². The molecule has 0 unspecified atom stereocenters. The van der Waals surface area contributed by atoms with E-state index in [1.54, 1.807) is 6.20 Å². The van der Waals surface area contributed by atoms with Crippen molar-refractivity contribution in [1.29, 1.82) is 0 Å². The Hall–Kier alpha value is -2.56. The van der Waals surface area contributed by atoms with E-state index in [0.29, 0.717) is 12.1 Å². The summed E-state index contributed by atoms with van der Waals surface area (Å²) in [5.74, 6) is 0.847. The van der Waals surface area contributed by atoms with Crippen molar-refractivity contribution < 1.29 is 4.79 Å². The average Bonchev–Trinajstić information content (AvgIpc) is 2.67. The summed E-state index contributed by atoms with van der Waals surface area (Å²) >= 11 is 0. The largest absolute Gasteiger partial charge is 0.378 e. The number of carbonyl (C=O) groups excluding carboxylic acids is 1. The van der Waals surface area contributed by atoms with Gasteiger partial charge < -0.3 is 15.1 Å². The smallest absolute Gasteiger partial charge is 0.252 e. The summed E-state index contributed by atoms with van der Waals surface area (Å²) in [7, 11) is 4.07. The van der Waals surface area contributed by atoms with Crippen LogP contribution in [0.5, 0.6) is 0 Å². The number of anilines is 2. The minimum atomic E-state index is -0.0634. The van der Waals surface area contributed by atoms with Gasteiger partial charge in [-0.1, -0.05) is 12.1 Å². The molecule has 5 heteroatoms. The minimum absolute atomic E-state index is 0.0634. The molecule has 1 N–H and O–H groups in total. The van der Waals surface area contributed by atoms with E-state index in [1.165, 1.54) is 11.3 Å². The molecule has 1 aromatic heterocycles. The molecule has 2 aromatic rings. The van der Waals surface area contributed by atoms with E-state index in [0.717, 1.165) is 31.7 Å². The zero-order valence-corrected chi connectivity index (χ0v) is 16.3. The van der Waals surface area contributed by atoms with Gasteiger partial charge in [-0.15, -0.1) is 0 Å². The molecule has 0 bridgehead atoms. The van der Waals surface area contributed by atoms with E-state index < -0.39 is 0 Å². The summed E-state index contributed by atoms with van der Waals surface area (Å²) in [4.78, 5) is 20.9. The van der Waals surface area contributed by atoms with Gasteiger partial charge in [0.15, 0.2) is 0 Å². The number of amides is 1. The number of nitrogens with zero attached hydrogens (tertiary/aromatic N) is 3. The normalized spacial score (nSPS) is 10.5. The van der Waals surface area contributed by atoms with Crippen molar-refractivity contribution in [2.75, 3.05) is 43.5 Å². The van der Waals surface area contributed by atoms with Gasteiger partial charge in [0.2, 0.25) is 0 Å². The quantitative estimate of drug-likeness (QED) is 0.702. The van der Waals surface area contributed by atoms with Crippen LogP contribution in [0.3, 0.4) is 0 Å². The Labute approximate surface area is 157 Å². The van der Waals surface area contributed by atoms with Crippen molar-refractivity contribution >= 4 is 17.4 Å². The lowest BCUT2D eigenvalue weighted by Crippen LogP contribution is -2.26. The summed E-state index contributed by atoms with van der Waals surface area (Å²) in [6.45, 7) is 6.67. The molecule has 0 atom stereocenters. The van der Waals surface area contributed by atoms with Crippen LogP contribution in [0.4, 0.5) is 11.5 Å². The topological polar surface area (TPSA) is 48.5 Å². The first-order valence-electron chi connectivity index (χ1n) is 9.30. The summed E-state index contributed by atoms with van der Waals surface area (Å²) in [5.41, 5.74) is 3.09. The van der Waals surface area contributed by atoms with E-state index >= 15 is 0 Å². The third-order valence-corrected chi connectivity index (χ3v) is 4.48. The Balaban J connectivity index is 1.78. The number of aromatic nitrogens is 1. The Bertz CT molecular complexity index is 676. The molecule has 1 heterocycles. The fraction of sp³-hybridized carbons (Fsp3) is 0.429. The van der Waals surface area contributed by atoms with Crippen molar-refractivity contribution in [1.82, 2.24) is 10.3 Å². The van der Waals surface area contributed by atoms with Crippen molar-refractivity contribution in [3.05, 3.63) is 53.7 Å². The lowest BCUT2D eigenvalue weighted by Gasteiger charge is -2.19. The number of aryl methyl sites for hydroxylation is 1. The molecular weight excluding hydrogens is 324 g/mol. The summed E-state index contributed by atoms with van der Waals surface area (Å²) in [6, 6.07) is 12.3. The van der Waals surface area contributed by atoms with Crippen molar-refractivity contribution in [2.45, 2.75) is 26.7 Å². The lowest BCUT2D eigenvalue weighted by molar-refractivity contribution is 0.0953. The molecular formula is C21H30N4O. The standard InChI is InChI=1S/C21H30N4O/c1-5-25(6-2)20-14-11-18(16-23-20)21(26)22-15-7-8-17-9-12-19(13-10-17)24(3)4/h9-14,16H,5-8,15H2,1-4H3,(H,22,26). The van der Waals surface area contributed by atoms with Crippen molar-refractivity contribution in [2.24, 2.45) is 0 Å². The Morgan fingerprint density at radius 2 is 1.73 bits per heavy atom. The van der Waals surface area contributed by atoms with Gasteiger partial charge in [0.25, 0.3) is 5.91 Å². The number of rotatable bonds is 9. The van der Waals surface area contributed by atoms with E-state index in [1.807, 2.05) is 26.2 Å². The second-order valence-corrected chi connectivity index (χ2v) is 6.50. The van der Waals surface area contributed by atoms with E-state index in [4.69, 9.17) is 0 Å². The lowest BCUT2D eigenvalue weighted by atomic mass is 10.1. The fourth-order valence-electron chi connectivity index (χ4n) is 2.81. The monoisotopic (exact) mass is 354 g/mol. The first kappa shape index (κ1) is 19.8. The maximum atomic E-state index is 12.2. The molecule has 0 aliphatic carbocycles. The molecule has 0 aliphatic rings. The second-order valence-electron chi connectivity index (χ2n) is 6.50. The molecule has 26 heavy (non-hydrogen) atoms. The molecule has 1 aromatic carbocycles. The predicted octanol–water partition coefficient (Wildman–Crippen LogP) is 3.36. The van der Waals surface area contributed by atoms with Gasteiger partial charge in [0.1, 0.15) is 5.82 Å². The number of carbonyl (C=O) groups is 1.